The zero-order valence-corrected chi connectivity index (χ0v) is 14.5. The van der Waals surface area contributed by atoms with E-state index in [4.69, 9.17) is 0 Å². The third-order valence-corrected chi connectivity index (χ3v) is 6.56. The van der Waals surface area contributed by atoms with Gasteiger partial charge in [-0.1, -0.05) is 30.7 Å². The lowest BCUT2D eigenvalue weighted by Crippen LogP contribution is -2.40. The molecular formula is C19H27NOS. The third-order valence-electron chi connectivity index (χ3n) is 5.58. The summed E-state index contributed by atoms with van der Waals surface area (Å²) in [5.74, 6) is 4.24. The maximum atomic E-state index is 12.2. The van der Waals surface area contributed by atoms with Crippen molar-refractivity contribution in [3.05, 3.63) is 35.4 Å². The van der Waals surface area contributed by atoms with Gasteiger partial charge in [0.05, 0.1) is 5.75 Å². The Bertz CT molecular complexity index is 530. The van der Waals surface area contributed by atoms with Crippen LogP contribution in [0.1, 0.15) is 43.7 Å². The van der Waals surface area contributed by atoms with Crippen molar-refractivity contribution in [3.63, 3.8) is 0 Å². The van der Waals surface area contributed by atoms with E-state index in [-0.39, 0.29) is 5.91 Å². The summed E-state index contributed by atoms with van der Waals surface area (Å²) in [6.07, 6.45) is 5.56. The van der Waals surface area contributed by atoms with Crippen LogP contribution in [0.2, 0.25) is 0 Å². The third kappa shape index (κ3) is 3.68. The summed E-state index contributed by atoms with van der Waals surface area (Å²) < 4.78 is 0. The minimum absolute atomic E-state index is 0.203. The van der Waals surface area contributed by atoms with Crippen LogP contribution in [0, 0.1) is 24.7 Å². The lowest BCUT2D eigenvalue weighted by Gasteiger charge is -2.28. The zero-order valence-electron chi connectivity index (χ0n) is 13.7. The molecule has 22 heavy (non-hydrogen) atoms. The van der Waals surface area contributed by atoms with Gasteiger partial charge >= 0.3 is 0 Å². The van der Waals surface area contributed by atoms with Gasteiger partial charge in [0.2, 0.25) is 5.91 Å². The van der Waals surface area contributed by atoms with E-state index in [1.165, 1.54) is 36.8 Å². The molecule has 2 nitrogen and oxygen atoms in total. The molecular weight excluding hydrogens is 290 g/mol. The number of amides is 1. The first-order valence-electron chi connectivity index (χ1n) is 8.55. The second-order valence-corrected chi connectivity index (χ2v) is 8.10. The largest absolute Gasteiger partial charge is 0.353 e. The van der Waals surface area contributed by atoms with Gasteiger partial charge in [-0.05, 0) is 62.0 Å². The first kappa shape index (κ1) is 15.9. The standard InChI is InChI=1S/C19H27NOS/c1-13-5-3-4-6-17(13)11-22-12-19(21)20-14(2)18-10-15-7-8-16(18)9-15/h3-6,14-16,18H,7-12H2,1-2H3,(H,20,21). The fourth-order valence-electron chi connectivity index (χ4n) is 4.33. The second-order valence-electron chi connectivity index (χ2n) is 7.11. The van der Waals surface area contributed by atoms with Gasteiger partial charge in [0.1, 0.15) is 0 Å². The van der Waals surface area contributed by atoms with Gasteiger partial charge in [-0.3, -0.25) is 4.79 Å². The average molecular weight is 317 g/mol. The van der Waals surface area contributed by atoms with Crippen LogP contribution in [-0.2, 0) is 10.5 Å². The molecule has 0 aromatic heterocycles. The Labute approximate surface area is 138 Å². The summed E-state index contributed by atoms with van der Waals surface area (Å²) in [5.41, 5.74) is 2.65. The molecule has 120 valence electrons. The molecule has 4 unspecified atom stereocenters. The van der Waals surface area contributed by atoms with Crippen LogP contribution in [0.15, 0.2) is 24.3 Å². The molecule has 3 heteroatoms. The monoisotopic (exact) mass is 317 g/mol. The van der Waals surface area contributed by atoms with Crippen molar-refractivity contribution in [2.45, 2.75) is 51.3 Å². The molecule has 2 aliphatic carbocycles. The first-order valence-corrected chi connectivity index (χ1v) is 9.70. The highest BCUT2D eigenvalue weighted by Gasteiger charge is 2.42. The molecule has 0 aliphatic heterocycles. The Morgan fingerprint density at radius 3 is 2.82 bits per heavy atom. The minimum atomic E-state index is 0.203. The smallest absolute Gasteiger partial charge is 0.230 e. The number of aryl methyl sites for hydroxylation is 1. The molecule has 1 aromatic rings. The molecule has 1 aromatic carbocycles. The highest BCUT2D eigenvalue weighted by atomic mass is 32.2. The van der Waals surface area contributed by atoms with Crippen LogP contribution >= 0.6 is 11.8 Å². The molecule has 1 amide bonds. The summed E-state index contributed by atoms with van der Waals surface area (Å²) in [7, 11) is 0. The SMILES string of the molecule is Cc1ccccc1CSCC(=O)NC(C)C1CC2CCC1C2. The van der Waals surface area contributed by atoms with E-state index in [1.54, 1.807) is 11.8 Å². The second kappa shape index (κ2) is 7.08. The zero-order chi connectivity index (χ0) is 15.5. The van der Waals surface area contributed by atoms with Gasteiger partial charge < -0.3 is 5.32 Å². The molecule has 0 radical (unpaired) electrons. The number of thioether (sulfide) groups is 1. The Kier molecular flexibility index (Phi) is 5.12. The van der Waals surface area contributed by atoms with E-state index >= 15 is 0 Å². The number of benzene rings is 1. The van der Waals surface area contributed by atoms with E-state index in [2.05, 4.69) is 43.4 Å². The predicted octanol–water partition coefficient (Wildman–Crippen LogP) is 4.17. The summed E-state index contributed by atoms with van der Waals surface area (Å²) in [4.78, 5) is 12.2. The van der Waals surface area contributed by atoms with Crippen LogP contribution < -0.4 is 5.32 Å². The summed E-state index contributed by atoms with van der Waals surface area (Å²) in [5, 5.41) is 3.25. The van der Waals surface area contributed by atoms with Crippen LogP contribution in [0.4, 0.5) is 0 Å². The molecule has 2 aliphatic rings. The van der Waals surface area contributed by atoms with E-state index < -0.39 is 0 Å². The summed E-state index contributed by atoms with van der Waals surface area (Å²) in [6.45, 7) is 4.34. The van der Waals surface area contributed by atoms with E-state index in [0.717, 1.165) is 23.5 Å². The fraction of sp³-hybridized carbons (Fsp3) is 0.632. The van der Waals surface area contributed by atoms with Gasteiger partial charge in [0.15, 0.2) is 0 Å². The Morgan fingerprint density at radius 2 is 2.14 bits per heavy atom. The maximum absolute atomic E-state index is 12.2. The molecule has 2 saturated carbocycles. The summed E-state index contributed by atoms with van der Waals surface area (Å²) >= 11 is 1.72. The number of hydrogen-bond donors (Lipinski definition) is 1. The number of nitrogens with one attached hydrogen (secondary N) is 1. The molecule has 1 N–H and O–H groups in total. The van der Waals surface area contributed by atoms with E-state index in [0.29, 0.717) is 11.8 Å². The molecule has 3 rings (SSSR count). The highest BCUT2D eigenvalue weighted by molar-refractivity contribution is 7.99. The van der Waals surface area contributed by atoms with Crippen LogP contribution in [0.25, 0.3) is 0 Å². The number of fused-ring (bicyclic) bond motifs is 2. The molecule has 0 spiro atoms. The quantitative estimate of drug-likeness (QED) is 0.853. The Hall–Kier alpha value is -0.960. The van der Waals surface area contributed by atoms with Gasteiger partial charge in [-0.25, -0.2) is 0 Å². The normalized spacial score (nSPS) is 27.8. The van der Waals surface area contributed by atoms with Crippen LogP contribution in [-0.4, -0.2) is 17.7 Å². The van der Waals surface area contributed by atoms with Crippen LogP contribution in [0.5, 0.6) is 0 Å². The maximum Gasteiger partial charge on any atom is 0.230 e. The number of hydrogen-bond acceptors (Lipinski definition) is 2. The number of rotatable bonds is 6. The van der Waals surface area contributed by atoms with E-state index in [1.807, 2.05) is 0 Å². The van der Waals surface area contributed by atoms with Crippen LogP contribution in [0.3, 0.4) is 0 Å². The van der Waals surface area contributed by atoms with E-state index in [9.17, 15) is 4.79 Å². The van der Waals surface area contributed by atoms with Gasteiger partial charge in [-0.2, -0.15) is 0 Å². The van der Waals surface area contributed by atoms with Gasteiger partial charge in [0.25, 0.3) is 0 Å². The van der Waals surface area contributed by atoms with Crippen molar-refractivity contribution in [3.8, 4) is 0 Å². The molecule has 2 bridgehead atoms. The number of carbonyl (C=O) groups excluding carboxylic acids is 1. The first-order chi connectivity index (χ1) is 10.6. The van der Waals surface area contributed by atoms with Crippen molar-refractivity contribution >= 4 is 17.7 Å². The Morgan fingerprint density at radius 1 is 1.32 bits per heavy atom. The highest BCUT2D eigenvalue weighted by Crippen LogP contribution is 2.49. The van der Waals surface area contributed by atoms with Crippen molar-refractivity contribution in [1.82, 2.24) is 5.32 Å². The lowest BCUT2D eigenvalue weighted by atomic mass is 9.84. The van der Waals surface area contributed by atoms with Gasteiger partial charge in [-0.15, -0.1) is 11.8 Å². The summed E-state index contributed by atoms with van der Waals surface area (Å²) in [6, 6.07) is 8.76. The number of carbonyl (C=O) groups is 1. The molecule has 0 heterocycles. The van der Waals surface area contributed by atoms with Crippen molar-refractivity contribution < 1.29 is 4.79 Å². The van der Waals surface area contributed by atoms with Crippen molar-refractivity contribution in [2.24, 2.45) is 17.8 Å². The fourth-order valence-corrected chi connectivity index (χ4v) is 5.25. The molecule has 2 fully saturated rings. The molecule has 4 atom stereocenters. The van der Waals surface area contributed by atoms with Crippen molar-refractivity contribution in [2.75, 3.05) is 5.75 Å². The Balaban J connectivity index is 1.40. The topological polar surface area (TPSA) is 29.1 Å². The predicted molar refractivity (Wildman–Crippen MR) is 93.9 cm³/mol. The minimum Gasteiger partial charge on any atom is -0.353 e. The van der Waals surface area contributed by atoms with Gasteiger partial charge in [0, 0.05) is 11.8 Å². The van der Waals surface area contributed by atoms with Crippen molar-refractivity contribution in [1.29, 1.82) is 0 Å². The molecule has 0 saturated heterocycles. The average Bonchev–Trinajstić information content (AvgIpc) is 3.12. The lowest BCUT2D eigenvalue weighted by molar-refractivity contribution is -0.119.